The molecule has 0 aromatic rings. The minimum atomic E-state index is -0.987. The van der Waals surface area contributed by atoms with Crippen molar-refractivity contribution in [1.29, 1.82) is 0 Å². The van der Waals surface area contributed by atoms with E-state index in [1.165, 1.54) is 0 Å². The van der Waals surface area contributed by atoms with Gasteiger partial charge in [-0.05, 0) is 20.8 Å². The van der Waals surface area contributed by atoms with Crippen molar-refractivity contribution in [3.63, 3.8) is 0 Å². The first-order valence-corrected chi connectivity index (χ1v) is 4.12. The van der Waals surface area contributed by atoms with Crippen molar-refractivity contribution in [1.82, 2.24) is 0 Å². The molecular formula is C9H14O5. The molecule has 0 rings (SSSR count). The van der Waals surface area contributed by atoms with E-state index in [4.69, 9.17) is 4.74 Å². The van der Waals surface area contributed by atoms with Crippen molar-refractivity contribution >= 4 is 17.7 Å². The van der Waals surface area contributed by atoms with Crippen LogP contribution in [0.4, 0.5) is 0 Å². The van der Waals surface area contributed by atoms with Gasteiger partial charge in [-0.3, -0.25) is 9.59 Å². The number of esters is 2. The van der Waals surface area contributed by atoms with Crippen molar-refractivity contribution in [2.24, 2.45) is 0 Å². The van der Waals surface area contributed by atoms with Gasteiger partial charge in [0.05, 0.1) is 0 Å². The molecule has 0 saturated carbocycles. The largest absolute Gasteiger partial charge is 0.457 e. The Labute approximate surface area is 82.4 Å². The minimum absolute atomic E-state index is 0.565. The van der Waals surface area contributed by atoms with Crippen LogP contribution in [-0.2, 0) is 23.9 Å². The number of Topliss-reactive ketones (excluding diaryl/α,β-unsaturated/α-hetero) is 1. The summed E-state index contributed by atoms with van der Waals surface area (Å²) in [6, 6.07) is 0. The number of carbonyl (C=O) groups excluding carboxylic acids is 3. The zero-order valence-electron chi connectivity index (χ0n) is 8.75. The van der Waals surface area contributed by atoms with Gasteiger partial charge in [-0.25, -0.2) is 4.79 Å². The predicted molar refractivity (Wildman–Crippen MR) is 47.5 cm³/mol. The first-order valence-electron chi connectivity index (χ1n) is 4.12. The van der Waals surface area contributed by atoms with E-state index in [0.29, 0.717) is 0 Å². The Morgan fingerprint density at radius 1 is 1.14 bits per heavy atom. The van der Waals surface area contributed by atoms with Crippen molar-refractivity contribution in [2.75, 3.05) is 6.61 Å². The van der Waals surface area contributed by atoms with E-state index in [1.54, 1.807) is 20.8 Å². The zero-order chi connectivity index (χ0) is 11.4. The fourth-order valence-electron chi connectivity index (χ4n) is 0.561. The topological polar surface area (TPSA) is 69.7 Å². The Morgan fingerprint density at radius 2 is 1.64 bits per heavy atom. The molecule has 0 radical (unpaired) electrons. The number of rotatable bonds is 3. The lowest BCUT2D eigenvalue weighted by molar-refractivity contribution is -0.165. The molecule has 0 aliphatic rings. The molecule has 0 aliphatic heterocycles. The molecule has 14 heavy (non-hydrogen) atoms. The summed E-state index contributed by atoms with van der Waals surface area (Å²) in [5.74, 6) is -2.46. The third kappa shape index (κ3) is 6.16. The summed E-state index contributed by atoms with van der Waals surface area (Å²) in [4.78, 5) is 32.3. The third-order valence-electron chi connectivity index (χ3n) is 1.03. The standard InChI is InChI=1S/C9H14O5/c1-6(10)13-5-7(11)8(12)14-9(2,3)4/h5H2,1-4H3. The van der Waals surface area contributed by atoms with Crippen LogP contribution in [0, 0.1) is 0 Å². The molecule has 0 unspecified atom stereocenters. The van der Waals surface area contributed by atoms with Crippen molar-refractivity contribution < 1.29 is 23.9 Å². The highest BCUT2D eigenvalue weighted by atomic mass is 16.6. The van der Waals surface area contributed by atoms with Crippen molar-refractivity contribution in [3.8, 4) is 0 Å². The van der Waals surface area contributed by atoms with Gasteiger partial charge >= 0.3 is 11.9 Å². The van der Waals surface area contributed by atoms with Gasteiger partial charge in [0.1, 0.15) is 5.60 Å². The van der Waals surface area contributed by atoms with Gasteiger partial charge in [0.2, 0.25) is 0 Å². The first kappa shape index (κ1) is 12.6. The number of hydrogen-bond donors (Lipinski definition) is 0. The van der Waals surface area contributed by atoms with Gasteiger partial charge in [0, 0.05) is 6.92 Å². The normalized spacial score (nSPS) is 10.6. The smallest absolute Gasteiger partial charge is 0.378 e. The third-order valence-corrected chi connectivity index (χ3v) is 1.03. The van der Waals surface area contributed by atoms with Gasteiger partial charge in [0.25, 0.3) is 5.78 Å². The maximum Gasteiger partial charge on any atom is 0.378 e. The van der Waals surface area contributed by atoms with Crippen LogP contribution >= 0.6 is 0 Å². The van der Waals surface area contributed by atoms with Gasteiger partial charge < -0.3 is 9.47 Å². The van der Waals surface area contributed by atoms with Gasteiger partial charge in [-0.15, -0.1) is 0 Å². The maximum absolute atomic E-state index is 11.0. The summed E-state index contributed by atoms with van der Waals surface area (Å²) in [5, 5.41) is 0. The predicted octanol–water partition coefficient (Wildman–Crippen LogP) is 0.460. The summed E-state index contributed by atoms with van der Waals surface area (Å²) in [7, 11) is 0. The van der Waals surface area contributed by atoms with Crippen LogP contribution in [-0.4, -0.2) is 29.9 Å². The summed E-state index contributed by atoms with van der Waals surface area (Å²) < 4.78 is 9.10. The lowest BCUT2D eigenvalue weighted by Gasteiger charge is -2.18. The Bertz CT molecular complexity index is 248. The molecule has 0 heterocycles. The second kappa shape index (κ2) is 4.74. The van der Waals surface area contributed by atoms with Gasteiger partial charge in [0.15, 0.2) is 6.61 Å². The van der Waals surface area contributed by atoms with Crippen LogP contribution in [0.25, 0.3) is 0 Å². The Kier molecular flexibility index (Phi) is 4.27. The van der Waals surface area contributed by atoms with Gasteiger partial charge in [-0.1, -0.05) is 0 Å². The average molecular weight is 202 g/mol. The fraction of sp³-hybridized carbons (Fsp3) is 0.667. The van der Waals surface area contributed by atoms with Crippen LogP contribution in [0.3, 0.4) is 0 Å². The van der Waals surface area contributed by atoms with Crippen LogP contribution in [0.15, 0.2) is 0 Å². The molecule has 80 valence electrons. The first-order chi connectivity index (χ1) is 6.22. The van der Waals surface area contributed by atoms with Crippen LogP contribution in [0.1, 0.15) is 27.7 Å². The minimum Gasteiger partial charge on any atom is -0.457 e. The van der Waals surface area contributed by atoms with Crippen LogP contribution in [0.5, 0.6) is 0 Å². The van der Waals surface area contributed by atoms with Gasteiger partial charge in [-0.2, -0.15) is 0 Å². The lowest BCUT2D eigenvalue weighted by Crippen LogP contribution is -2.31. The highest BCUT2D eigenvalue weighted by molar-refractivity contribution is 6.34. The quantitative estimate of drug-likeness (QED) is 0.491. The molecule has 0 aromatic carbocycles. The molecule has 0 atom stereocenters. The molecule has 0 amide bonds. The molecule has 0 aliphatic carbocycles. The monoisotopic (exact) mass is 202 g/mol. The zero-order valence-corrected chi connectivity index (χ0v) is 8.75. The molecule has 0 saturated heterocycles. The Balaban J connectivity index is 4.01. The highest BCUT2D eigenvalue weighted by Gasteiger charge is 2.23. The summed E-state index contributed by atoms with van der Waals surface area (Å²) in [6.45, 7) is 5.52. The van der Waals surface area contributed by atoms with E-state index in [0.717, 1.165) is 6.92 Å². The molecule has 0 bridgehead atoms. The Hall–Kier alpha value is -1.39. The molecule has 5 heteroatoms. The summed E-state index contributed by atoms with van der Waals surface area (Å²) in [5.41, 5.74) is -0.719. The van der Waals surface area contributed by atoms with Crippen molar-refractivity contribution in [2.45, 2.75) is 33.3 Å². The molecule has 0 spiro atoms. The van der Waals surface area contributed by atoms with E-state index in [2.05, 4.69) is 4.74 Å². The van der Waals surface area contributed by atoms with E-state index >= 15 is 0 Å². The van der Waals surface area contributed by atoms with Crippen LogP contribution in [0.2, 0.25) is 0 Å². The molecule has 0 N–H and O–H groups in total. The second-order valence-electron chi connectivity index (χ2n) is 3.71. The second-order valence-corrected chi connectivity index (χ2v) is 3.71. The number of ether oxygens (including phenoxy) is 2. The van der Waals surface area contributed by atoms with Crippen molar-refractivity contribution in [3.05, 3.63) is 0 Å². The summed E-state index contributed by atoms with van der Waals surface area (Å²) >= 11 is 0. The van der Waals surface area contributed by atoms with Crippen LogP contribution < -0.4 is 0 Å². The number of ketones is 1. The number of hydrogen-bond acceptors (Lipinski definition) is 5. The Morgan fingerprint density at radius 3 is 2.00 bits per heavy atom. The molecule has 0 fully saturated rings. The maximum atomic E-state index is 11.0. The molecule has 0 aromatic heterocycles. The van der Waals surface area contributed by atoms with E-state index in [9.17, 15) is 14.4 Å². The molecular weight excluding hydrogens is 188 g/mol. The lowest BCUT2D eigenvalue weighted by atomic mass is 10.2. The van der Waals surface area contributed by atoms with E-state index < -0.39 is 29.9 Å². The molecule has 5 nitrogen and oxygen atoms in total. The van der Waals surface area contributed by atoms with E-state index in [1.807, 2.05) is 0 Å². The summed E-state index contributed by atoms with van der Waals surface area (Å²) in [6.07, 6.45) is 0. The SMILES string of the molecule is CC(=O)OCC(=O)C(=O)OC(C)(C)C. The average Bonchev–Trinajstić information content (AvgIpc) is 1.96. The number of carbonyl (C=O) groups is 3. The van der Waals surface area contributed by atoms with E-state index in [-0.39, 0.29) is 0 Å². The highest BCUT2D eigenvalue weighted by Crippen LogP contribution is 2.06. The fourth-order valence-corrected chi connectivity index (χ4v) is 0.561.